The first-order valence-electron chi connectivity index (χ1n) is 6.68. The maximum atomic E-state index is 11.1. The van der Waals surface area contributed by atoms with E-state index in [9.17, 15) is 10.1 Å². The van der Waals surface area contributed by atoms with E-state index in [1.54, 1.807) is 12.1 Å². The van der Waals surface area contributed by atoms with Gasteiger partial charge in [-0.2, -0.15) is 0 Å². The van der Waals surface area contributed by atoms with Gasteiger partial charge in [0.25, 0.3) is 5.69 Å². The monoisotopic (exact) mass is 303 g/mol. The molecule has 2 N–H and O–H groups in total. The summed E-state index contributed by atoms with van der Waals surface area (Å²) in [4.78, 5) is 10.7. The predicted octanol–water partition coefficient (Wildman–Crippen LogP) is 3.64. The number of anilines is 2. The molecule has 21 heavy (non-hydrogen) atoms. The van der Waals surface area contributed by atoms with Crippen LogP contribution >= 0.6 is 11.6 Å². The second-order valence-electron chi connectivity index (χ2n) is 4.89. The van der Waals surface area contributed by atoms with Crippen molar-refractivity contribution in [3.8, 4) is 0 Å². The van der Waals surface area contributed by atoms with E-state index in [0.29, 0.717) is 10.7 Å². The van der Waals surface area contributed by atoms with Gasteiger partial charge in [-0.3, -0.25) is 10.1 Å². The maximum absolute atomic E-state index is 11.1. The molecule has 0 aromatic heterocycles. The highest BCUT2D eigenvalue weighted by Crippen LogP contribution is 2.36. The summed E-state index contributed by atoms with van der Waals surface area (Å²) < 4.78 is 0. The lowest BCUT2D eigenvalue weighted by atomic mass is 9.99. The Morgan fingerprint density at radius 2 is 2.05 bits per heavy atom. The standard InChI is InChI=1S/C15H14ClN3O2/c16-12-4-2-6-14(19(20)21)15(12)18-13-5-1-3-10-9-17-8-7-11(10)13/h1-6,17-18H,7-9H2. The Labute approximate surface area is 127 Å². The van der Waals surface area contributed by atoms with Crippen LogP contribution in [-0.2, 0) is 13.0 Å². The number of nitrogens with one attached hydrogen (secondary N) is 2. The van der Waals surface area contributed by atoms with E-state index in [1.165, 1.54) is 17.2 Å². The van der Waals surface area contributed by atoms with Gasteiger partial charge in [-0.25, -0.2) is 0 Å². The summed E-state index contributed by atoms with van der Waals surface area (Å²) in [6.45, 7) is 1.71. The predicted molar refractivity (Wildman–Crippen MR) is 83.2 cm³/mol. The van der Waals surface area contributed by atoms with Crippen molar-refractivity contribution in [3.63, 3.8) is 0 Å². The first-order chi connectivity index (χ1) is 10.2. The van der Waals surface area contributed by atoms with Crippen molar-refractivity contribution in [3.05, 3.63) is 62.7 Å². The van der Waals surface area contributed by atoms with Crippen LogP contribution in [-0.4, -0.2) is 11.5 Å². The largest absolute Gasteiger partial charge is 0.348 e. The average Bonchev–Trinajstić information content (AvgIpc) is 2.49. The van der Waals surface area contributed by atoms with Gasteiger partial charge in [-0.15, -0.1) is 0 Å². The summed E-state index contributed by atoms with van der Waals surface area (Å²) in [6.07, 6.45) is 0.886. The Balaban J connectivity index is 2.04. The molecule has 108 valence electrons. The Morgan fingerprint density at radius 3 is 2.86 bits per heavy atom. The van der Waals surface area contributed by atoms with Crippen LogP contribution in [0.5, 0.6) is 0 Å². The van der Waals surface area contributed by atoms with Crippen molar-refractivity contribution < 1.29 is 4.92 Å². The lowest BCUT2D eigenvalue weighted by Gasteiger charge is -2.21. The van der Waals surface area contributed by atoms with Crippen LogP contribution in [0.2, 0.25) is 5.02 Å². The number of nitro benzene ring substituents is 1. The quantitative estimate of drug-likeness (QED) is 0.671. The first-order valence-corrected chi connectivity index (χ1v) is 7.06. The molecule has 0 spiro atoms. The van der Waals surface area contributed by atoms with Crippen LogP contribution < -0.4 is 10.6 Å². The molecule has 0 aliphatic carbocycles. The highest BCUT2D eigenvalue weighted by atomic mass is 35.5. The minimum atomic E-state index is -0.425. The second-order valence-corrected chi connectivity index (χ2v) is 5.29. The normalized spacial score (nSPS) is 13.6. The van der Waals surface area contributed by atoms with E-state index in [1.807, 2.05) is 12.1 Å². The highest BCUT2D eigenvalue weighted by molar-refractivity contribution is 6.33. The number of rotatable bonds is 3. The van der Waals surface area contributed by atoms with Crippen molar-refractivity contribution in [2.45, 2.75) is 13.0 Å². The molecule has 2 aromatic carbocycles. The molecule has 3 rings (SSSR count). The third-order valence-corrected chi connectivity index (χ3v) is 3.90. The minimum absolute atomic E-state index is 0.0194. The molecular formula is C15H14ClN3O2. The van der Waals surface area contributed by atoms with E-state index < -0.39 is 4.92 Å². The van der Waals surface area contributed by atoms with E-state index in [2.05, 4.69) is 16.7 Å². The molecule has 2 aromatic rings. The maximum Gasteiger partial charge on any atom is 0.294 e. The van der Waals surface area contributed by atoms with Gasteiger partial charge in [0, 0.05) is 18.3 Å². The molecular weight excluding hydrogens is 290 g/mol. The zero-order chi connectivity index (χ0) is 14.8. The number of nitro groups is 1. The minimum Gasteiger partial charge on any atom is -0.348 e. The lowest BCUT2D eigenvalue weighted by molar-refractivity contribution is -0.383. The number of fused-ring (bicyclic) bond motifs is 1. The zero-order valence-corrected chi connectivity index (χ0v) is 12.0. The number of halogens is 1. The third-order valence-electron chi connectivity index (χ3n) is 3.59. The number of benzene rings is 2. The summed E-state index contributed by atoms with van der Waals surface area (Å²) >= 11 is 6.13. The van der Waals surface area contributed by atoms with Gasteiger partial charge < -0.3 is 10.6 Å². The highest BCUT2D eigenvalue weighted by Gasteiger charge is 2.19. The summed E-state index contributed by atoms with van der Waals surface area (Å²) in [5.41, 5.74) is 3.60. The number of hydrogen-bond acceptors (Lipinski definition) is 4. The summed E-state index contributed by atoms with van der Waals surface area (Å²) in [6, 6.07) is 10.6. The first kappa shape index (κ1) is 13.9. The Morgan fingerprint density at radius 1 is 1.24 bits per heavy atom. The lowest BCUT2D eigenvalue weighted by Crippen LogP contribution is -2.24. The van der Waals surface area contributed by atoms with Gasteiger partial charge in [0.1, 0.15) is 5.69 Å². The fourth-order valence-electron chi connectivity index (χ4n) is 2.57. The Hall–Kier alpha value is -2.11. The summed E-state index contributed by atoms with van der Waals surface area (Å²) in [5, 5.41) is 18.0. The van der Waals surface area contributed by atoms with Crippen LogP contribution in [0.15, 0.2) is 36.4 Å². The van der Waals surface area contributed by atoms with Crippen LogP contribution in [0.3, 0.4) is 0 Å². The summed E-state index contributed by atoms with van der Waals surface area (Å²) in [7, 11) is 0. The molecule has 0 bridgehead atoms. The fourth-order valence-corrected chi connectivity index (χ4v) is 2.79. The fraction of sp³-hybridized carbons (Fsp3) is 0.200. The SMILES string of the molecule is O=[N+]([O-])c1cccc(Cl)c1Nc1cccc2c1CCNC2. The topological polar surface area (TPSA) is 67.2 Å². The molecule has 0 atom stereocenters. The Bertz CT molecular complexity index is 703. The van der Waals surface area contributed by atoms with E-state index in [0.717, 1.165) is 25.2 Å². The van der Waals surface area contributed by atoms with Gasteiger partial charge >= 0.3 is 0 Å². The van der Waals surface area contributed by atoms with Gasteiger partial charge in [-0.05, 0) is 36.2 Å². The van der Waals surface area contributed by atoms with Crippen molar-refractivity contribution >= 4 is 28.7 Å². The van der Waals surface area contributed by atoms with Crippen LogP contribution in [0, 0.1) is 10.1 Å². The van der Waals surface area contributed by atoms with Crippen LogP contribution in [0.25, 0.3) is 0 Å². The van der Waals surface area contributed by atoms with E-state index in [4.69, 9.17) is 11.6 Å². The van der Waals surface area contributed by atoms with Crippen molar-refractivity contribution in [2.24, 2.45) is 0 Å². The number of nitrogens with zero attached hydrogens (tertiary/aromatic N) is 1. The van der Waals surface area contributed by atoms with Gasteiger partial charge in [0.05, 0.1) is 9.95 Å². The molecule has 1 aliphatic heterocycles. The van der Waals surface area contributed by atoms with E-state index >= 15 is 0 Å². The molecule has 0 saturated carbocycles. The average molecular weight is 304 g/mol. The second kappa shape index (κ2) is 5.71. The molecule has 6 heteroatoms. The van der Waals surface area contributed by atoms with Crippen molar-refractivity contribution in [1.29, 1.82) is 0 Å². The van der Waals surface area contributed by atoms with Crippen LogP contribution in [0.4, 0.5) is 17.1 Å². The van der Waals surface area contributed by atoms with Gasteiger partial charge in [0.2, 0.25) is 0 Å². The summed E-state index contributed by atoms with van der Waals surface area (Å²) in [5.74, 6) is 0. The number of para-hydroxylation sites is 1. The molecule has 1 aliphatic rings. The molecule has 0 saturated heterocycles. The third kappa shape index (κ3) is 2.70. The zero-order valence-electron chi connectivity index (χ0n) is 11.2. The molecule has 0 fully saturated rings. The van der Waals surface area contributed by atoms with Crippen molar-refractivity contribution in [1.82, 2.24) is 5.32 Å². The number of hydrogen-bond donors (Lipinski definition) is 2. The van der Waals surface area contributed by atoms with Gasteiger partial charge in [0.15, 0.2) is 0 Å². The Kier molecular flexibility index (Phi) is 3.77. The molecule has 0 amide bonds. The smallest absolute Gasteiger partial charge is 0.294 e. The molecule has 1 heterocycles. The van der Waals surface area contributed by atoms with Gasteiger partial charge in [-0.1, -0.05) is 29.8 Å². The van der Waals surface area contributed by atoms with Crippen molar-refractivity contribution in [2.75, 3.05) is 11.9 Å². The molecule has 5 nitrogen and oxygen atoms in total. The molecule has 0 unspecified atom stereocenters. The van der Waals surface area contributed by atoms with E-state index in [-0.39, 0.29) is 5.69 Å². The van der Waals surface area contributed by atoms with Crippen LogP contribution in [0.1, 0.15) is 11.1 Å². The molecule has 0 radical (unpaired) electrons.